The molecule has 8 heteroatoms. The van der Waals surface area contributed by atoms with Crippen LogP contribution in [0.15, 0.2) is 9.95 Å². The molecule has 0 amide bonds. The SMILES string of the molecule is CCCn1c(SCCCC(C)(N)C(=O)OCC)n[nH]c1=O. The molecule has 1 aromatic rings. The summed E-state index contributed by atoms with van der Waals surface area (Å²) < 4.78 is 6.57. The summed E-state index contributed by atoms with van der Waals surface area (Å²) in [6, 6.07) is 0. The second-order valence-corrected chi connectivity index (χ2v) is 6.11. The monoisotopic (exact) mass is 316 g/mol. The average molecular weight is 316 g/mol. The molecule has 1 heterocycles. The van der Waals surface area contributed by atoms with Crippen molar-refractivity contribution in [3.63, 3.8) is 0 Å². The number of nitrogens with two attached hydrogens (primary N) is 1. The van der Waals surface area contributed by atoms with E-state index in [0.29, 0.717) is 24.7 Å². The van der Waals surface area contributed by atoms with Gasteiger partial charge in [-0.05, 0) is 33.1 Å². The number of rotatable bonds is 9. The molecular formula is C13H24N4O3S. The summed E-state index contributed by atoms with van der Waals surface area (Å²) in [5.74, 6) is 0.359. The van der Waals surface area contributed by atoms with E-state index in [-0.39, 0.29) is 11.7 Å². The summed E-state index contributed by atoms with van der Waals surface area (Å²) in [6.45, 7) is 6.42. The van der Waals surface area contributed by atoms with Gasteiger partial charge in [0.05, 0.1) is 6.61 Å². The molecule has 0 aliphatic rings. The second kappa shape index (κ2) is 8.23. The Morgan fingerprint density at radius 2 is 2.24 bits per heavy atom. The Bertz CT molecular complexity index is 510. The molecule has 0 aliphatic heterocycles. The zero-order chi connectivity index (χ0) is 15.9. The van der Waals surface area contributed by atoms with Crippen LogP contribution < -0.4 is 11.4 Å². The number of nitrogens with zero attached hydrogens (tertiary/aromatic N) is 2. The number of esters is 1. The molecule has 0 saturated carbocycles. The summed E-state index contributed by atoms with van der Waals surface area (Å²) in [5.41, 5.74) is 4.79. The maximum Gasteiger partial charge on any atom is 0.343 e. The van der Waals surface area contributed by atoms with Crippen LogP contribution in [0.25, 0.3) is 0 Å². The predicted molar refractivity (Wildman–Crippen MR) is 82.3 cm³/mol. The number of aromatic nitrogens is 3. The van der Waals surface area contributed by atoms with Gasteiger partial charge in [0, 0.05) is 12.3 Å². The maximum atomic E-state index is 11.7. The van der Waals surface area contributed by atoms with Gasteiger partial charge in [-0.25, -0.2) is 9.89 Å². The Morgan fingerprint density at radius 3 is 2.86 bits per heavy atom. The Morgan fingerprint density at radius 1 is 1.52 bits per heavy atom. The fourth-order valence-corrected chi connectivity index (χ4v) is 2.75. The summed E-state index contributed by atoms with van der Waals surface area (Å²) in [6.07, 6.45) is 2.14. The smallest absolute Gasteiger partial charge is 0.343 e. The molecule has 0 fully saturated rings. The third-order valence-corrected chi connectivity index (χ3v) is 4.05. The van der Waals surface area contributed by atoms with E-state index in [9.17, 15) is 9.59 Å². The van der Waals surface area contributed by atoms with Gasteiger partial charge >= 0.3 is 11.7 Å². The van der Waals surface area contributed by atoms with Crippen LogP contribution in [-0.4, -0.2) is 38.6 Å². The minimum absolute atomic E-state index is 0.186. The Balaban J connectivity index is 2.44. The molecule has 1 unspecified atom stereocenters. The van der Waals surface area contributed by atoms with E-state index in [1.165, 1.54) is 11.8 Å². The number of hydrogen-bond acceptors (Lipinski definition) is 6. The molecule has 3 N–H and O–H groups in total. The van der Waals surface area contributed by atoms with E-state index in [1.54, 1.807) is 18.4 Å². The van der Waals surface area contributed by atoms with Crippen molar-refractivity contribution in [1.82, 2.24) is 14.8 Å². The Kier molecular flexibility index (Phi) is 6.97. The highest BCUT2D eigenvalue weighted by Gasteiger charge is 2.29. The summed E-state index contributed by atoms with van der Waals surface area (Å²) in [5, 5.41) is 7.13. The fraction of sp³-hybridized carbons (Fsp3) is 0.769. The zero-order valence-corrected chi connectivity index (χ0v) is 13.7. The lowest BCUT2D eigenvalue weighted by molar-refractivity contribution is -0.149. The van der Waals surface area contributed by atoms with Crippen LogP contribution in [0.4, 0.5) is 0 Å². The van der Waals surface area contributed by atoms with Crippen molar-refractivity contribution in [2.24, 2.45) is 5.73 Å². The number of H-pyrrole nitrogens is 1. The summed E-state index contributed by atoms with van der Waals surface area (Å²) >= 11 is 1.49. The lowest BCUT2D eigenvalue weighted by atomic mass is 9.98. The number of thioether (sulfide) groups is 1. The van der Waals surface area contributed by atoms with E-state index >= 15 is 0 Å². The standard InChI is InChI=1S/C13H24N4O3S/c1-4-8-17-11(19)15-16-12(17)21-9-6-7-13(3,14)10(18)20-5-2/h4-9,14H2,1-3H3,(H,15,19). The van der Waals surface area contributed by atoms with Crippen molar-refractivity contribution in [2.75, 3.05) is 12.4 Å². The largest absolute Gasteiger partial charge is 0.465 e. The van der Waals surface area contributed by atoms with Crippen LogP contribution in [-0.2, 0) is 16.1 Å². The number of nitrogens with one attached hydrogen (secondary N) is 1. The van der Waals surface area contributed by atoms with Crippen molar-refractivity contribution in [3.8, 4) is 0 Å². The molecule has 7 nitrogen and oxygen atoms in total. The first kappa shape index (κ1) is 17.8. The molecule has 0 bridgehead atoms. The number of hydrogen-bond donors (Lipinski definition) is 2. The van der Waals surface area contributed by atoms with E-state index in [1.807, 2.05) is 6.92 Å². The average Bonchev–Trinajstić information content (AvgIpc) is 2.77. The number of carbonyl (C=O) groups excluding carboxylic acids is 1. The number of ether oxygens (including phenoxy) is 1. The highest BCUT2D eigenvalue weighted by molar-refractivity contribution is 7.99. The van der Waals surface area contributed by atoms with Gasteiger partial charge in [0.1, 0.15) is 5.54 Å². The molecule has 0 aromatic carbocycles. The van der Waals surface area contributed by atoms with E-state index in [2.05, 4.69) is 10.2 Å². The van der Waals surface area contributed by atoms with E-state index < -0.39 is 5.54 Å². The van der Waals surface area contributed by atoms with Gasteiger partial charge in [0.2, 0.25) is 0 Å². The van der Waals surface area contributed by atoms with Gasteiger partial charge in [-0.1, -0.05) is 18.7 Å². The number of carbonyl (C=O) groups is 1. The first-order valence-electron chi connectivity index (χ1n) is 7.16. The van der Waals surface area contributed by atoms with Gasteiger partial charge in [-0.15, -0.1) is 5.10 Å². The molecular weight excluding hydrogens is 292 g/mol. The molecule has 120 valence electrons. The van der Waals surface area contributed by atoms with Crippen molar-refractivity contribution in [1.29, 1.82) is 0 Å². The molecule has 1 rings (SSSR count). The lowest BCUT2D eigenvalue weighted by Crippen LogP contribution is -2.46. The molecule has 1 aromatic heterocycles. The van der Waals surface area contributed by atoms with Crippen LogP contribution >= 0.6 is 11.8 Å². The predicted octanol–water partition coefficient (Wildman–Crippen LogP) is 1.13. The highest BCUT2D eigenvalue weighted by atomic mass is 32.2. The highest BCUT2D eigenvalue weighted by Crippen LogP contribution is 2.18. The Hall–Kier alpha value is -1.28. The molecule has 0 saturated heterocycles. The van der Waals surface area contributed by atoms with Crippen molar-refractivity contribution in [2.45, 2.75) is 57.3 Å². The topological polar surface area (TPSA) is 103 Å². The third kappa shape index (κ3) is 5.20. The third-order valence-electron chi connectivity index (χ3n) is 2.98. The quantitative estimate of drug-likeness (QED) is 0.402. The summed E-state index contributed by atoms with van der Waals surface area (Å²) in [4.78, 5) is 23.2. The summed E-state index contributed by atoms with van der Waals surface area (Å²) in [7, 11) is 0. The lowest BCUT2D eigenvalue weighted by Gasteiger charge is -2.21. The van der Waals surface area contributed by atoms with Crippen LogP contribution in [0.2, 0.25) is 0 Å². The van der Waals surface area contributed by atoms with Crippen LogP contribution in [0.5, 0.6) is 0 Å². The van der Waals surface area contributed by atoms with Crippen molar-refractivity contribution >= 4 is 17.7 Å². The van der Waals surface area contributed by atoms with Gasteiger partial charge in [-0.3, -0.25) is 9.36 Å². The second-order valence-electron chi connectivity index (χ2n) is 5.05. The van der Waals surface area contributed by atoms with Gasteiger partial charge in [0.15, 0.2) is 5.16 Å². The normalized spacial score (nSPS) is 13.9. The van der Waals surface area contributed by atoms with Crippen molar-refractivity contribution < 1.29 is 9.53 Å². The van der Waals surface area contributed by atoms with Crippen LogP contribution in [0, 0.1) is 0 Å². The van der Waals surface area contributed by atoms with Gasteiger partial charge < -0.3 is 10.5 Å². The first-order chi connectivity index (χ1) is 9.92. The van der Waals surface area contributed by atoms with E-state index in [4.69, 9.17) is 10.5 Å². The van der Waals surface area contributed by atoms with Crippen molar-refractivity contribution in [3.05, 3.63) is 10.5 Å². The Labute approximate surface area is 128 Å². The maximum absolute atomic E-state index is 11.7. The number of aromatic amines is 1. The van der Waals surface area contributed by atoms with Gasteiger partial charge in [-0.2, -0.15) is 0 Å². The molecule has 0 spiro atoms. The van der Waals surface area contributed by atoms with Crippen LogP contribution in [0.1, 0.15) is 40.0 Å². The molecule has 21 heavy (non-hydrogen) atoms. The molecule has 0 radical (unpaired) electrons. The molecule has 1 atom stereocenters. The molecule has 0 aliphatic carbocycles. The van der Waals surface area contributed by atoms with E-state index in [0.717, 1.165) is 18.6 Å². The minimum atomic E-state index is -0.967. The fourth-order valence-electron chi connectivity index (χ4n) is 1.84. The van der Waals surface area contributed by atoms with Gasteiger partial charge in [0.25, 0.3) is 0 Å². The zero-order valence-electron chi connectivity index (χ0n) is 12.8. The minimum Gasteiger partial charge on any atom is -0.465 e. The van der Waals surface area contributed by atoms with Crippen LogP contribution in [0.3, 0.4) is 0 Å². The first-order valence-corrected chi connectivity index (χ1v) is 8.15.